The molecule has 0 spiro atoms. The Kier molecular flexibility index (Phi) is 5.83. The fraction of sp³-hybridized carbons (Fsp3) is 0.263. The minimum atomic E-state index is -4.53. The maximum atomic E-state index is 13.3. The Morgan fingerprint density at radius 2 is 1.90 bits per heavy atom. The summed E-state index contributed by atoms with van der Waals surface area (Å²) in [7, 11) is 0. The van der Waals surface area contributed by atoms with Gasteiger partial charge in [-0.25, -0.2) is 8.78 Å². The van der Waals surface area contributed by atoms with Gasteiger partial charge in [-0.1, -0.05) is 6.07 Å². The minimum Gasteiger partial charge on any atom is -0.350 e. The SMILES string of the molecule is CC(NC(=O)CC1Sc2ccc(C(F)(F)F)cc2NC1=O)c1ccc(F)c(F)c1. The van der Waals surface area contributed by atoms with Gasteiger partial charge in [-0.15, -0.1) is 11.8 Å². The average Bonchev–Trinajstić information content (AvgIpc) is 2.63. The zero-order chi connectivity index (χ0) is 21.3. The molecule has 0 saturated heterocycles. The van der Waals surface area contributed by atoms with Gasteiger partial charge >= 0.3 is 6.18 Å². The normalized spacial score (nSPS) is 17.3. The van der Waals surface area contributed by atoms with Crippen molar-refractivity contribution < 1.29 is 31.5 Å². The molecule has 0 radical (unpaired) electrons. The molecule has 2 amide bonds. The quantitative estimate of drug-likeness (QED) is 0.694. The van der Waals surface area contributed by atoms with Crippen molar-refractivity contribution >= 4 is 29.3 Å². The number of amides is 2. The summed E-state index contributed by atoms with van der Waals surface area (Å²) in [6.07, 6.45) is -4.76. The van der Waals surface area contributed by atoms with Crippen LogP contribution in [0.5, 0.6) is 0 Å². The van der Waals surface area contributed by atoms with E-state index in [9.17, 15) is 31.5 Å². The van der Waals surface area contributed by atoms with Crippen LogP contribution in [0.4, 0.5) is 27.6 Å². The Labute approximate surface area is 166 Å². The van der Waals surface area contributed by atoms with Crippen LogP contribution < -0.4 is 10.6 Å². The second kappa shape index (κ2) is 8.02. The van der Waals surface area contributed by atoms with Crippen LogP contribution in [0.2, 0.25) is 0 Å². The Hall–Kier alpha value is -2.62. The first kappa shape index (κ1) is 21.1. The fourth-order valence-electron chi connectivity index (χ4n) is 2.79. The molecule has 29 heavy (non-hydrogen) atoms. The number of nitrogens with one attached hydrogen (secondary N) is 2. The predicted octanol–water partition coefficient (Wildman–Crippen LogP) is 4.66. The summed E-state index contributed by atoms with van der Waals surface area (Å²) in [6.45, 7) is 1.58. The third kappa shape index (κ3) is 4.87. The molecule has 3 rings (SSSR count). The summed E-state index contributed by atoms with van der Waals surface area (Å²) in [6, 6.07) is 5.63. The molecule has 2 N–H and O–H groups in total. The van der Waals surface area contributed by atoms with Crippen molar-refractivity contribution in [2.45, 2.75) is 35.7 Å². The van der Waals surface area contributed by atoms with E-state index in [-0.39, 0.29) is 12.1 Å². The van der Waals surface area contributed by atoms with Gasteiger partial charge in [-0.2, -0.15) is 13.2 Å². The van der Waals surface area contributed by atoms with Crippen molar-refractivity contribution in [2.24, 2.45) is 0 Å². The number of anilines is 1. The molecule has 2 atom stereocenters. The number of hydrogen-bond donors (Lipinski definition) is 2. The van der Waals surface area contributed by atoms with Gasteiger partial charge in [0, 0.05) is 11.3 Å². The lowest BCUT2D eigenvalue weighted by Crippen LogP contribution is -2.35. The zero-order valence-corrected chi connectivity index (χ0v) is 15.8. The number of thioether (sulfide) groups is 1. The summed E-state index contributed by atoms with van der Waals surface area (Å²) < 4.78 is 64.7. The second-order valence-electron chi connectivity index (χ2n) is 6.47. The van der Waals surface area contributed by atoms with E-state index < -0.39 is 46.5 Å². The highest BCUT2D eigenvalue weighted by atomic mass is 32.2. The van der Waals surface area contributed by atoms with Crippen LogP contribution in [0.15, 0.2) is 41.3 Å². The number of carbonyl (C=O) groups excluding carboxylic acids is 2. The third-order valence-electron chi connectivity index (χ3n) is 4.32. The van der Waals surface area contributed by atoms with Crippen LogP contribution in [0.1, 0.15) is 30.5 Å². The molecule has 1 heterocycles. The average molecular weight is 430 g/mol. The number of carbonyl (C=O) groups is 2. The summed E-state index contributed by atoms with van der Waals surface area (Å²) in [4.78, 5) is 24.9. The van der Waals surface area contributed by atoms with Gasteiger partial charge in [0.25, 0.3) is 0 Å². The van der Waals surface area contributed by atoms with E-state index in [1.54, 1.807) is 6.92 Å². The summed E-state index contributed by atoms with van der Waals surface area (Å²) in [5, 5.41) is 4.15. The van der Waals surface area contributed by atoms with Crippen LogP contribution in [-0.4, -0.2) is 17.1 Å². The highest BCUT2D eigenvalue weighted by Crippen LogP contribution is 2.40. The predicted molar refractivity (Wildman–Crippen MR) is 97.3 cm³/mol. The van der Waals surface area contributed by atoms with Crippen molar-refractivity contribution in [1.82, 2.24) is 5.32 Å². The molecule has 0 aliphatic carbocycles. The molecule has 0 bridgehead atoms. The molecular formula is C19H15F5N2O2S. The van der Waals surface area contributed by atoms with Gasteiger partial charge in [0.05, 0.1) is 22.5 Å². The molecule has 0 aromatic heterocycles. The second-order valence-corrected chi connectivity index (χ2v) is 7.72. The molecule has 1 aliphatic heterocycles. The lowest BCUT2D eigenvalue weighted by Gasteiger charge is -2.25. The van der Waals surface area contributed by atoms with Crippen molar-refractivity contribution in [3.05, 3.63) is 59.2 Å². The first-order valence-electron chi connectivity index (χ1n) is 8.47. The Balaban J connectivity index is 1.65. The van der Waals surface area contributed by atoms with Gasteiger partial charge in [0.15, 0.2) is 11.6 Å². The number of halogens is 5. The fourth-order valence-corrected chi connectivity index (χ4v) is 3.89. The van der Waals surface area contributed by atoms with E-state index in [4.69, 9.17) is 0 Å². The van der Waals surface area contributed by atoms with E-state index in [1.807, 2.05) is 0 Å². The smallest absolute Gasteiger partial charge is 0.350 e. The van der Waals surface area contributed by atoms with Gasteiger partial charge in [0.1, 0.15) is 0 Å². The summed E-state index contributed by atoms with van der Waals surface area (Å²) in [5.74, 6) is -3.14. The maximum absolute atomic E-state index is 13.3. The Bertz CT molecular complexity index is 964. The molecule has 2 unspecified atom stereocenters. The number of benzene rings is 2. The number of alkyl halides is 3. The van der Waals surface area contributed by atoms with Crippen LogP contribution >= 0.6 is 11.8 Å². The molecule has 0 saturated carbocycles. The van der Waals surface area contributed by atoms with E-state index >= 15 is 0 Å². The lowest BCUT2D eigenvalue weighted by molar-refractivity contribution is -0.137. The Morgan fingerprint density at radius 1 is 1.17 bits per heavy atom. The van der Waals surface area contributed by atoms with Gasteiger partial charge in [-0.3, -0.25) is 9.59 Å². The molecule has 4 nitrogen and oxygen atoms in total. The minimum absolute atomic E-state index is 0.0432. The number of hydrogen-bond acceptors (Lipinski definition) is 3. The third-order valence-corrected chi connectivity index (χ3v) is 5.59. The van der Waals surface area contributed by atoms with E-state index in [0.29, 0.717) is 10.5 Å². The summed E-state index contributed by atoms with van der Waals surface area (Å²) >= 11 is 0.990. The van der Waals surface area contributed by atoms with Gasteiger partial charge in [0.2, 0.25) is 11.8 Å². The van der Waals surface area contributed by atoms with Crippen molar-refractivity contribution in [3.63, 3.8) is 0 Å². The molecule has 10 heteroatoms. The van der Waals surface area contributed by atoms with Crippen LogP contribution in [0.25, 0.3) is 0 Å². The molecule has 2 aromatic rings. The van der Waals surface area contributed by atoms with Crippen LogP contribution in [0, 0.1) is 11.6 Å². The van der Waals surface area contributed by atoms with E-state index in [0.717, 1.165) is 36.0 Å². The molecule has 2 aromatic carbocycles. The molecular weight excluding hydrogens is 415 g/mol. The van der Waals surface area contributed by atoms with Crippen molar-refractivity contribution in [1.29, 1.82) is 0 Å². The monoisotopic (exact) mass is 430 g/mol. The first-order valence-corrected chi connectivity index (χ1v) is 9.35. The molecule has 154 valence electrons. The zero-order valence-electron chi connectivity index (χ0n) is 14.9. The Morgan fingerprint density at radius 3 is 2.55 bits per heavy atom. The number of rotatable bonds is 4. The van der Waals surface area contributed by atoms with Crippen molar-refractivity contribution in [2.75, 3.05) is 5.32 Å². The number of fused-ring (bicyclic) bond motifs is 1. The van der Waals surface area contributed by atoms with E-state index in [1.165, 1.54) is 12.1 Å². The maximum Gasteiger partial charge on any atom is 0.416 e. The van der Waals surface area contributed by atoms with E-state index in [2.05, 4.69) is 10.6 Å². The van der Waals surface area contributed by atoms with Crippen LogP contribution in [-0.2, 0) is 15.8 Å². The highest BCUT2D eigenvalue weighted by molar-refractivity contribution is 8.01. The molecule has 0 fully saturated rings. The van der Waals surface area contributed by atoms with Crippen LogP contribution in [0.3, 0.4) is 0 Å². The summed E-state index contributed by atoms with van der Waals surface area (Å²) in [5.41, 5.74) is -0.488. The van der Waals surface area contributed by atoms with Crippen molar-refractivity contribution in [3.8, 4) is 0 Å². The topological polar surface area (TPSA) is 58.2 Å². The molecule has 1 aliphatic rings. The largest absolute Gasteiger partial charge is 0.416 e. The van der Waals surface area contributed by atoms with Gasteiger partial charge in [-0.05, 0) is 42.8 Å². The van der Waals surface area contributed by atoms with Gasteiger partial charge < -0.3 is 10.6 Å². The first-order chi connectivity index (χ1) is 13.5. The lowest BCUT2D eigenvalue weighted by atomic mass is 10.1. The standard InChI is InChI=1S/C19H15F5N2O2S/c1-9(10-2-4-12(20)13(21)6-10)25-17(27)8-16-18(28)26-14-7-11(19(22,23)24)3-5-15(14)29-16/h2-7,9,16H,8H2,1H3,(H,25,27)(H,26,28). The highest BCUT2D eigenvalue weighted by Gasteiger charge is 2.34.